The molecule has 4 rings (SSSR count). The van der Waals surface area contributed by atoms with Crippen molar-refractivity contribution in [3.05, 3.63) is 0 Å². The molecule has 4 aliphatic rings. The molecule has 0 radical (unpaired) electrons. The van der Waals surface area contributed by atoms with Crippen LogP contribution in [0, 0.1) is 22.7 Å². The predicted octanol–water partition coefficient (Wildman–Crippen LogP) is 3.65. The van der Waals surface area contributed by atoms with E-state index in [-0.39, 0.29) is 35.7 Å². The zero-order chi connectivity index (χ0) is 20.4. The molecule has 5 heteroatoms. The summed E-state index contributed by atoms with van der Waals surface area (Å²) < 4.78 is 19.5. The second-order valence-corrected chi connectivity index (χ2v) is 11.1. The zero-order valence-corrected chi connectivity index (χ0v) is 18.4. The van der Waals surface area contributed by atoms with Gasteiger partial charge in [0.25, 0.3) is 0 Å². The van der Waals surface area contributed by atoms with E-state index >= 15 is 0 Å². The lowest BCUT2D eigenvalue weighted by atomic mass is 9.43. The van der Waals surface area contributed by atoms with Gasteiger partial charge in [-0.05, 0) is 64.2 Å². The largest absolute Gasteiger partial charge is 0.396 e. The standard InChI is InChI=1S/C23H40O5/c1-16-6-7-17-20(4)15-26-19(2,3)27-18(20)8-9-21(17,5)23(16)11-10-22(14-25,28-23)12-13-24/h16-18,24-25H,6-15H2,1-5H3/t16-,17+,18+,20+,21+,22-,23+/m1/s1. The van der Waals surface area contributed by atoms with Crippen LogP contribution in [0.4, 0.5) is 0 Å². The summed E-state index contributed by atoms with van der Waals surface area (Å²) in [7, 11) is 0. The van der Waals surface area contributed by atoms with Gasteiger partial charge in [0.2, 0.25) is 0 Å². The van der Waals surface area contributed by atoms with Gasteiger partial charge >= 0.3 is 0 Å². The second kappa shape index (κ2) is 6.65. The van der Waals surface area contributed by atoms with Gasteiger partial charge in [0.05, 0.1) is 30.5 Å². The van der Waals surface area contributed by atoms with Crippen molar-refractivity contribution in [1.82, 2.24) is 0 Å². The van der Waals surface area contributed by atoms with Crippen LogP contribution >= 0.6 is 0 Å². The van der Waals surface area contributed by atoms with Crippen molar-refractivity contribution in [2.24, 2.45) is 22.7 Å². The van der Waals surface area contributed by atoms with Crippen LogP contribution in [-0.4, -0.2) is 53.1 Å². The first-order valence-corrected chi connectivity index (χ1v) is 11.3. The summed E-state index contributed by atoms with van der Waals surface area (Å²) in [6.07, 6.45) is 6.95. The molecule has 162 valence electrons. The Kier molecular flexibility index (Phi) is 5.00. The van der Waals surface area contributed by atoms with E-state index in [1.807, 2.05) is 13.8 Å². The predicted molar refractivity (Wildman–Crippen MR) is 107 cm³/mol. The Morgan fingerprint density at radius 3 is 2.39 bits per heavy atom. The van der Waals surface area contributed by atoms with Crippen LogP contribution in [0.3, 0.4) is 0 Å². The topological polar surface area (TPSA) is 68.2 Å². The number of aliphatic hydroxyl groups excluding tert-OH is 2. The first kappa shape index (κ1) is 21.0. The van der Waals surface area contributed by atoms with Crippen LogP contribution < -0.4 is 0 Å². The molecule has 2 N–H and O–H groups in total. The third kappa shape index (κ3) is 2.76. The Balaban J connectivity index is 1.70. The Hall–Kier alpha value is -0.200. The lowest BCUT2D eigenvalue weighted by Gasteiger charge is -2.67. The molecular weight excluding hydrogens is 356 g/mol. The molecule has 2 aliphatic heterocycles. The fourth-order valence-electron chi connectivity index (χ4n) is 7.57. The summed E-state index contributed by atoms with van der Waals surface area (Å²) in [5.41, 5.74) is -0.820. The van der Waals surface area contributed by atoms with Crippen molar-refractivity contribution in [2.75, 3.05) is 19.8 Å². The maximum Gasteiger partial charge on any atom is 0.163 e. The van der Waals surface area contributed by atoms with Gasteiger partial charge in [0, 0.05) is 23.9 Å². The third-order valence-corrected chi connectivity index (χ3v) is 9.24. The van der Waals surface area contributed by atoms with Crippen LogP contribution in [0.5, 0.6) is 0 Å². The van der Waals surface area contributed by atoms with Crippen LogP contribution in [0.2, 0.25) is 0 Å². The number of fused-ring (bicyclic) bond motifs is 4. The number of aliphatic hydroxyl groups is 2. The van der Waals surface area contributed by atoms with Crippen molar-refractivity contribution in [2.45, 2.75) is 103 Å². The molecular formula is C23H40O5. The molecule has 2 heterocycles. The van der Waals surface area contributed by atoms with Crippen molar-refractivity contribution in [3.8, 4) is 0 Å². The molecule has 0 aromatic heterocycles. The first-order chi connectivity index (χ1) is 13.1. The highest BCUT2D eigenvalue weighted by molar-refractivity contribution is 5.18. The molecule has 0 unspecified atom stereocenters. The molecule has 28 heavy (non-hydrogen) atoms. The van der Waals surface area contributed by atoms with Gasteiger partial charge in [-0.25, -0.2) is 0 Å². The minimum Gasteiger partial charge on any atom is -0.396 e. The normalized spacial score (nSPS) is 53.0. The van der Waals surface area contributed by atoms with Crippen LogP contribution in [0.1, 0.15) is 79.6 Å². The molecule has 2 saturated heterocycles. The first-order valence-electron chi connectivity index (χ1n) is 11.3. The summed E-state index contributed by atoms with van der Waals surface area (Å²) in [5.74, 6) is 0.409. The Bertz CT molecular complexity index is 608. The molecule has 0 amide bonds. The highest BCUT2D eigenvalue weighted by atomic mass is 16.7. The van der Waals surface area contributed by atoms with Crippen LogP contribution in [0.15, 0.2) is 0 Å². The highest BCUT2D eigenvalue weighted by Gasteiger charge is 2.70. The molecule has 4 fully saturated rings. The quantitative estimate of drug-likeness (QED) is 0.762. The van der Waals surface area contributed by atoms with E-state index in [0.29, 0.717) is 18.3 Å². The molecule has 1 spiro atoms. The van der Waals surface area contributed by atoms with Gasteiger partial charge < -0.3 is 24.4 Å². The van der Waals surface area contributed by atoms with Gasteiger partial charge in [-0.2, -0.15) is 0 Å². The van der Waals surface area contributed by atoms with Crippen LogP contribution in [-0.2, 0) is 14.2 Å². The lowest BCUT2D eigenvalue weighted by molar-refractivity contribution is -0.359. The molecule has 5 nitrogen and oxygen atoms in total. The molecule has 0 bridgehead atoms. The number of rotatable bonds is 3. The summed E-state index contributed by atoms with van der Waals surface area (Å²) in [4.78, 5) is 0. The van der Waals surface area contributed by atoms with Crippen LogP contribution in [0.25, 0.3) is 0 Å². The number of ether oxygens (including phenoxy) is 3. The van der Waals surface area contributed by atoms with Gasteiger partial charge in [-0.15, -0.1) is 0 Å². The Morgan fingerprint density at radius 2 is 1.71 bits per heavy atom. The van der Waals surface area contributed by atoms with E-state index in [1.165, 1.54) is 6.42 Å². The third-order valence-electron chi connectivity index (χ3n) is 9.24. The summed E-state index contributed by atoms with van der Waals surface area (Å²) in [6, 6.07) is 0. The molecule has 2 aliphatic carbocycles. The lowest BCUT2D eigenvalue weighted by Crippen LogP contribution is -2.69. The zero-order valence-electron chi connectivity index (χ0n) is 18.4. The van der Waals surface area contributed by atoms with E-state index in [4.69, 9.17) is 14.2 Å². The smallest absolute Gasteiger partial charge is 0.163 e. The van der Waals surface area contributed by atoms with Crippen molar-refractivity contribution in [1.29, 1.82) is 0 Å². The van der Waals surface area contributed by atoms with Crippen molar-refractivity contribution in [3.63, 3.8) is 0 Å². The monoisotopic (exact) mass is 396 g/mol. The number of hydrogen-bond acceptors (Lipinski definition) is 5. The highest BCUT2D eigenvalue weighted by Crippen LogP contribution is 2.69. The summed E-state index contributed by atoms with van der Waals surface area (Å²) in [5, 5.41) is 19.7. The summed E-state index contributed by atoms with van der Waals surface area (Å²) in [6.45, 7) is 12.0. The van der Waals surface area contributed by atoms with E-state index in [1.54, 1.807) is 0 Å². The second-order valence-electron chi connectivity index (χ2n) is 11.1. The molecule has 2 saturated carbocycles. The van der Waals surface area contributed by atoms with Gasteiger partial charge in [-0.1, -0.05) is 20.8 Å². The number of hydrogen-bond donors (Lipinski definition) is 2. The molecule has 7 atom stereocenters. The maximum absolute atomic E-state index is 10.1. The van der Waals surface area contributed by atoms with E-state index < -0.39 is 11.4 Å². The van der Waals surface area contributed by atoms with Crippen molar-refractivity contribution >= 4 is 0 Å². The minimum atomic E-state index is -0.590. The molecule has 0 aromatic carbocycles. The van der Waals surface area contributed by atoms with Gasteiger partial charge in [0.15, 0.2) is 5.79 Å². The molecule has 0 aromatic rings. The maximum atomic E-state index is 10.1. The fraction of sp³-hybridized carbons (Fsp3) is 1.00. The van der Waals surface area contributed by atoms with Gasteiger partial charge in [-0.3, -0.25) is 0 Å². The SMILES string of the molecule is C[C@@H]1CC[C@H]2[C@]3(C)COC(C)(C)O[C@H]3CC[C@]2(C)[C@]12CC[C@](CO)(CCO)O2. The summed E-state index contributed by atoms with van der Waals surface area (Å²) >= 11 is 0. The minimum absolute atomic E-state index is 0.0108. The average molecular weight is 397 g/mol. The van der Waals surface area contributed by atoms with Gasteiger partial charge in [0.1, 0.15) is 0 Å². The average Bonchev–Trinajstić information content (AvgIpc) is 3.03. The Labute approximate surface area is 170 Å². The fourth-order valence-corrected chi connectivity index (χ4v) is 7.57. The van der Waals surface area contributed by atoms with E-state index in [9.17, 15) is 10.2 Å². The van der Waals surface area contributed by atoms with E-state index in [0.717, 1.165) is 38.7 Å². The van der Waals surface area contributed by atoms with Crippen molar-refractivity contribution < 1.29 is 24.4 Å². The van der Waals surface area contributed by atoms with E-state index in [2.05, 4.69) is 20.8 Å². The Morgan fingerprint density at radius 1 is 0.964 bits per heavy atom.